The van der Waals surface area contributed by atoms with E-state index in [4.69, 9.17) is 19.4 Å². The van der Waals surface area contributed by atoms with Crippen molar-refractivity contribution in [3.8, 4) is 34.6 Å². The second-order valence-corrected chi connectivity index (χ2v) is 15.3. The van der Waals surface area contributed by atoms with E-state index in [1.807, 2.05) is 42.7 Å². The highest BCUT2D eigenvalue weighted by atomic mass is 32.2. The van der Waals surface area contributed by atoms with Crippen molar-refractivity contribution in [2.45, 2.75) is 45.1 Å². The van der Waals surface area contributed by atoms with Gasteiger partial charge in [0.05, 0.1) is 46.5 Å². The van der Waals surface area contributed by atoms with Gasteiger partial charge in [-0.1, -0.05) is 37.3 Å². The van der Waals surface area contributed by atoms with Crippen LogP contribution in [0.25, 0.3) is 28.1 Å². The Balaban J connectivity index is 1.27. The molecule has 0 aliphatic carbocycles. The lowest BCUT2D eigenvalue weighted by molar-refractivity contribution is -0.115. The van der Waals surface area contributed by atoms with Gasteiger partial charge in [-0.05, 0) is 79.9 Å². The summed E-state index contributed by atoms with van der Waals surface area (Å²) < 4.78 is 54.5. The Labute approximate surface area is 328 Å². The maximum absolute atomic E-state index is 16.0. The molecule has 0 atom stereocenters. The molecule has 0 aliphatic heterocycles. The lowest BCUT2D eigenvalue weighted by atomic mass is 10.1. The van der Waals surface area contributed by atoms with E-state index >= 15 is 4.39 Å². The number of fused-ring (bicyclic) bond motifs is 1. The van der Waals surface area contributed by atoms with E-state index < -0.39 is 21.6 Å². The zero-order chi connectivity index (χ0) is 40.1. The van der Waals surface area contributed by atoms with Crippen molar-refractivity contribution in [1.82, 2.24) is 29.5 Å². The number of methoxy groups -OCH3 is 1. The van der Waals surface area contributed by atoms with Crippen molar-refractivity contribution in [3.05, 3.63) is 132 Å². The van der Waals surface area contributed by atoms with Crippen molar-refractivity contribution in [1.29, 1.82) is 0 Å². The molecule has 57 heavy (non-hydrogen) atoms. The summed E-state index contributed by atoms with van der Waals surface area (Å²) >= 11 is 0. The molecule has 15 heteroatoms. The second-order valence-electron chi connectivity index (χ2n) is 13.2. The molecule has 2 N–H and O–H groups in total. The Hall–Kier alpha value is -6.74. The molecule has 13 nitrogen and oxygen atoms in total. The average molecular weight is 787 g/mol. The number of nitrogens with zero attached hydrogens (tertiary/aromatic N) is 6. The minimum atomic E-state index is -3.64. The Morgan fingerprint density at radius 3 is 2.42 bits per heavy atom. The van der Waals surface area contributed by atoms with Gasteiger partial charge in [0.25, 0.3) is 0 Å². The predicted octanol–water partition coefficient (Wildman–Crippen LogP) is 7.81. The molecular weight excluding hydrogens is 748 g/mol. The standard InChI is InChI=1S/C42H39FN8O5S/c1-5-33-38-40(41(48-25-47-38)46-23-28-11-14-31(55-4)15-12-28)51(30-13-16-35(34(43)22-30)56-42-44-19-17-27(3)49-42)39(33)37-26(2)21-29(24-45-37)50-36(52)18-20-57(53,54)32-9-7-6-8-10-32/h6-17,19,21-22,24-25H,5,18,20,23H2,1-4H3,(H,50,52)(H,46,47,48). The van der Waals surface area contributed by atoms with E-state index in [0.29, 0.717) is 63.8 Å². The summed E-state index contributed by atoms with van der Waals surface area (Å²) in [6, 6.07) is 23.8. The topological polar surface area (TPSA) is 163 Å². The van der Waals surface area contributed by atoms with Gasteiger partial charge in [0.2, 0.25) is 5.91 Å². The summed E-state index contributed by atoms with van der Waals surface area (Å²) in [5.74, 6) is -0.270. The van der Waals surface area contributed by atoms with Crippen LogP contribution in [0, 0.1) is 19.7 Å². The third-order valence-corrected chi connectivity index (χ3v) is 11.0. The minimum absolute atomic E-state index is 0.0188. The van der Waals surface area contributed by atoms with E-state index in [2.05, 4.69) is 25.6 Å². The van der Waals surface area contributed by atoms with E-state index in [-0.39, 0.29) is 28.8 Å². The molecular formula is C42H39FN8O5S. The van der Waals surface area contributed by atoms with Crippen LogP contribution in [0.5, 0.6) is 17.5 Å². The summed E-state index contributed by atoms with van der Waals surface area (Å²) in [7, 11) is -2.03. The lowest BCUT2D eigenvalue weighted by Gasteiger charge is -2.16. The first-order chi connectivity index (χ1) is 27.5. The maximum Gasteiger partial charge on any atom is 0.322 e. The number of anilines is 2. The van der Waals surface area contributed by atoms with Gasteiger partial charge in [0.15, 0.2) is 27.2 Å². The first-order valence-corrected chi connectivity index (χ1v) is 19.8. The van der Waals surface area contributed by atoms with Crippen LogP contribution < -0.4 is 20.1 Å². The fraction of sp³-hybridized carbons (Fsp3) is 0.190. The number of halogens is 1. The van der Waals surface area contributed by atoms with Gasteiger partial charge >= 0.3 is 6.01 Å². The van der Waals surface area contributed by atoms with Crippen LogP contribution in [0.2, 0.25) is 0 Å². The third kappa shape index (κ3) is 8.43. The molecule has 0 unspecified atom stereocenters. The van der Waals surface area contributed by atoms with Gasteiger partial charge in [-0.3, -0.25) is 9.78 Å². The molecule has 3 aromatic carbocycles. The lowest BCUT2D eigenvalue weighted by Crippen LogP contribution is -2.17. The van der Waals surface area contributed by atoms with Gasteiger partial charge in [0.1, 0.15) is 17.6 Å². The number of carbonyl (C=O) groups excluding carboxylic acids is 1. The monoisotopic (exact) mass is 786 g/mol. The number of pyridine rings is 1. The molecule has 0 saturated carbocycles. The number of nitrogens with one attached hydrogen (secondary N) is 2. The van der Waals surface area contributed by atoms with Crippen molar-refractivity contribution in [2.75, 3.05) is 23.5 Å². The quantitative estimate of drug-likeness (QED) is 0.111. The molecule has 0 fully saturated rings. The first kappa shape index (κ1) is 38.5. The maximum atomic E-state index is 16.0. The normalized spacial score (nSPS) is 11.4. The largest absolute Gasteiger partial charge is 0.497 e. The van der Waals surface area contributed by atoms with E-state index in [0.717, 1.165) is 16.9 Å². The number of benzene rings is 3. The molecule has 4 heterocycles. The summed E-state index contributed by atoms with van der Waals surface area (Å²) in [5, 5.41) is 6.24. The van der Waals surface area contributed by atoms with Gasteiger partial charge in [-0.25, -0.2) is 32.7 Å². The van der Waals surface area contributed by atoms with Gasteiger partial charge in [-0.15, -0.1) is 0 Å². The van der Waals surface area contributed by atoms with E-state index in [9.17, 15) is 13.2 Å². The zero-order valence-electron chi connectivity index (χ0n) is 31.7. The molecule has 0 aliphatic rings. The summed E-state index contributed by atoms with van der Waals surface area (Å²) in [6.07, 6.45) is 4.84. The third-order valence-electron chi connectivity index (χ3n) is 9.25. The summed E-state index contributed by atoms with van der Waals surface area (Å²) in [5.41, 5.74) is 6.50. The zero-order valence-corrected chi connectivity index (χ0v) is 32.5. The summed E-state index contributed by atoms with van der Waals surface area (Å²) in [4.78, 5) is 35.6. The van der Waals surface area contributed by atoms with Crippen LogP contribution in [0.15, 0.2) is 109 Å². The highest BCUT2D eigenvalue weighted by Crippen LogP contribution is 2.40. The van der Waals surface area contributed by atoms with Gasteiger partial charge in [0, 0.05) is 42.2 Å². The van der Waals surface area contributed by atoms with Crippen molar-refractivity contribution in [2.24, 2.45) is 0 Å². The summed E-state index contributed by atoms with van der Waals surface area (Å²) in [6.45, 7) is 6.07. The van der Waals surface area contributed by atoms with Gasteiger partial charge in [-0.2, -0.15) is 0 Å². The molecule has 0 bridgehead atoms. The van der Waals surface area contributed by atoms with Crippen LogP contribution in [0.3, 0.4) is 0 Å². The smallest absolute Gasteiger partial charge is 0.322 e. The number of carbonyl (C=O) groups is 1. The molecule has 0 spiro atoms. The Morgan fingerprint density at radius 1 is 0.930 bits per heavy atom. The van der Waals surface area contributed by atoms with Crippen LogP contribution in [0.4, 0.5) is 15.9 Å². The highest BCUT2D eigenvalue weighted by molar-refractivity contribution is 7.91. The number of rotatable bonds is 14. The van der Waals surface area contributed by atoms with Crippen molar-refractivity contribution < 1.29 is 27.1 Å². The Bertz CT molecular complexity index is 2690. The predicted molar refractivity (Wildman–Crippen MR) is 215 cm³/mol. The molecule has 0 saturated heterocycles. The second kappa shape index (κ2) is 16.5. The molecule has 1 amide bonds. The molecule has 7 aromatic rings. The number of aromatic nitrogens is 6. The number of ether oxygens (including phenoxy) is 2. The van der Waals surface area contributed by atoms with Crippen LogP contribution in [-0.2, 0) is 27.6 Å². The van der Waals surface area contributed by atoms with Crippen LogP contribution in [0.1, 0.15) is 35.7 Å². The fourth-order valence-corrected chi connectivity index (χ4v) is 7.70. The Morgan fingerprint density at radius 2 is 1.72 bits per heavy atom. The highest BCUT2D eigenvalue weighted by Gasteiger charge is 2.26. The van der Waals surface area contributed by atoms with E-state index in [1.54, 1.807) is 50.4 Å². The number of amides is 1. The SMILES string of the molecule is CCc1c(-c2ncc(NC(=O)CCS(=O)(=O)c3ccccc3)cc2C)n(-c2ccc(Oc3nccc(C)n3)c(F)c2)c2c(NCc3ccc(OC)cc3)ncnc12. The average Bonchev–Trinajstić information content (AvgIpc) is 3.55. The van der Waals surface area contributed by atoms with Crippen molar-refractivity contribution in [3.63, 3.8) is 0 Å². The number of hydrogen-bond donors (Lipinski definition) is 2. The number of sulfone groups is 1. The Kier molecular flexibility index (Phi) is 11.2. The molecule has 290 valence electrons. The molecule has 4 aromatic heterocycles. The van der Waals surface area contributed by atoms with Crippen LogP contribution >= 0.6 is 0 Å². The van der Waals surface area contributed by atoms with Gasteiger partial charge < -0.3 is 24.7 Å². The van der Waals surface area contributed by atoms with E-state index in [1.165, 1.54) is 43.0 Å². The fourth-order valence-electron chi connectivity index (χ4n) is 6.44. The van der Waals surface area contributed by atoms with Crippen LogP contribution in [-0.4, -0.2) is 56.7 Å². The first-order valence-electron chi connectivity index (χ1n) is 18.1. The van der Waals surface area contributed by atoms with Crippen molar-refractivity contribution >= 4 is 38.3 Å². The molecule has 7 rings (SSSR count). The molecule has 0 radical (unpaired) electrons. The number of aryl methyl sites for hydroxylation is 3. The number of hydrogen-bond acceptors (Lipinski definition) is 11. The minimum Gasteiger partial charge on any atom is -0.497 e.